The Kier molecular flexibility index (Phi) is 6.33. The number of carbonyl (C=O) groups is 3. The van der Waals surface area contributed by atoms with Gasteiger partial charge in [0, 0.05) is 18.8 Å². The number of methoxy groups -OCH3 is 1. The molecule has 2 aromatic rings. The Bertz CT molecular complexity index is 878. The monoisotopic (exact) mass is 383 g/mol. The third-order valence-corrected chi connectivity index (χ3v) is 4.27. The average molecular weight is 383 g/mol. The van der Waals surface area contributed by atoms with Crippen LogP contribution in [0.25, 0.3) is 0 Å². The number of esters is 1. The Hall–Kier alpha value is -3.26. The molecular weight excluding hydrogens is 362 g/mol. The molecule has 146 valence electrons. The molecule has 0 radical (unpaired) electrons. The maximum Gasteiger partial charge on any atom is 0.337 e. The molecule has 0 aliphatic carbocycles. The highest BCUT2D eigenvalue weighted by Gasteiger charge is 2.18. The van der Waals surface area contributed by atoms with E-state index in [0.29, 0.717) is 24.4 Å². The van der Waals surface area contributed by atoms with Gasteiger partial charge in [-0.3, -0.25) is 9.59 Å². The van der Waals surface area contributed by atoms with Crippen molar-refractivity contribution in [3.8, 4) is 0 Å². The van der Waals surface area contributed by atoms with Crippen molar-refractivity contribution in [2.75, 3.05) is 25.6 Å². The number of hydrogen-bond donors (Lipinski definition) is 2. The summed E-state index contributed by atoms with van der Waals surface area (Å²) in [7, 11) is 1.28. The number of ether oxygens (including phenoxy) is 2. The van der Waals surface area contributed by atoms with Crippen LogP contribution in [0.5, 0.6) is 0 Å². The van der Waals surface area contributed by atoms with E-state index in [9.17, 15) is 14.4 Å². The summed E-state index contributed by atoms with van der Waals surface area (Å²) in [6, 6.07) is 11.0. The normalized spacial score (nSPS) is 15.7. The van der Waals surface area contributed by atoms with Gasteiger partial charge in [0.2, 0.25) is 0 Å². The molecule has 3 rings (SSSR count). The Balaban J connectivity index is 1.65. The quantitative estimate of drug-likeness (QED) is 0.739. The van der Waals surface area contributed by atoms with E-state index in [1.165, 1.54) is 19.2 Å². The zero-order chi connectivity index (χ0) is 19.9. The van der Waals surface area contributed by atoms with E-state index < -0.39 is 11.9 Å². The number of hydrogen-bond acceptors (Lipinski definition) is 6. The van der Waals surface area contributed by atoms with Gasteiger partial charge in [-0.1, -0.05) is 12.1 Å². The standard InChI is InChI=1S/C20H21N3O5/c1-27-20(26)13-5-2-6-14(11-13)22-19(25)17-9-3-8-16(23-17)18(24)21-12-15-7-4-10-28-15/h2-3,5-6,8-9,11,15H,4,7,10,12H2,1H3,(H,21,24)(H,22,25). The van der Waals surface area contributed by atoms with Crippen LogP contribution in [0.3, 0.4) is 0 Å². The molecule has 1 aliphatic heterocycles. The maximum absolute atomic E-state index is 12.5. The third kappa shape index (κ3) is 4.92. The molecule has 1 atom stereocenters. The van der Waals surface area contributed by atoms with Gasteiger partial charge in [0.1, 0.15) is 11.4 Å². The van der Waals surface area contributed by atoms with E-state index in [1.54, 1.807) is 30.3 Å². The van der Waals surface area contributed by atoms with E-state index in [4.69, 9.17) is 4.74 Å². The Morgan fingerprint density at radius 3 is 2.61 bits per heavy atom. The topological polar surface area (TPSA) is 107 Å². The van der Waals surface area contributed by atoms with Gasteiger partial charge in [0.25, 0.3) is 11.8 Å². The van der Waals surface area contributed by atoms with Crippen molar-refractivity contribution in [2.24, 2.45) is 0 Å². The first-order valence-electron chi connectivity index (χ1n) is 8.93. The van der Waals surface area contributed by atoms with Gasteiger partial charge in [-0.2, -0.15) is 0 Å². The molecule has 0 spiro atoms. The summed E-state index contributed by atoms with van der Waals surface area (Å²) in [5.41, 5.74) is 0.973. The minimum absolute atomic E-state index is 0.0255. The number of benzene rings is 1. The third-order valence-electron chi connectivity index (χ3n) is 4.27. The molecule has 0 saturated carbocycles. The number of aromatic nitrogens is 1. The summed E-state index contributed by atoms with van der Waals surface area (Å²) in [6.07, 6.45) is 1.93. The molecule has 1 aliphatic rings. The second-order valence-corrected chi connectivity index (χ2v) is 6.28. The molecule has 1 aromatic heterocycles. The summed E-state index contributed by atoms with van der Waals surface area (Å²) in [6.45, 7) is 1.13. The second kappa shape index (κ2) is 9.09. The number of rotatable bonds is 6. The lowest BCUT2D eigenvalue weighted by Crippen LogP contribution is -2.32. The van der Waals surface area contributed by atoms with E-state index >= 15 is 0 Å². The van der Waals surface area contributed by atoms with Crippen LogP contribution in [-0.4, -0.2) is 49.1 Å². The summed E-state index contributed by atoms with van der Waals surface area (Å²) in [5, 5.41) is 5.43. The van der Waals surface area contributed by atoms with E-state index in [-0.39, 0.29) is 23.4 Å². The Morgan fingerprint density at radius 2 is 1.89 bits per heavy atom. The lowest BCUT2D eigenvalue weighted by molar-refractivity contribution is 0.0600. The van der Waals surface area contributed by atoms with Crippen LogP contribution in [-0.2, 0) is 9.47 Å². The first kappa shape index (κ1) is 19.5. The summed E-state index contributed by atoms with van der Waals surface area (Å²) >= 11 is 0. The number of carbonyl (C=O) groups excluding carboxylic acids is 3. The van der Waals surface area contributed by atoms with Crippen molar-refractivity contribution in [3.05, 3.63) is 59.4 Å². The Labute approximate surface area is 162 Å². The van der Waals surface area contributed by atoms with Crippen molar-refractivity contribution in [1.29, 1.82) is 0 Å². The van der Waals surface area contributed by atoms with Gasteiger partial charge >= 0.3 is 5.97 Å². The number of pyridine rings is 1. The average Bonchev–Trinajstić information content (AvgIpc) is 3.25. The van der Waals surface area contributed by atoms with Crippen LogP contribution in [0.2, 0.25) is 0 Å². The zero-order valence-electron chi connectivity index (χ0n) is 15.4. The molecule has 1 aromatic carbocycles. The molecule has 2 amide bonds. The fourth-order valence-corrected chi connectivity index (χ4v) is 2.83. The van der Waals surface area contributed by atoms with Crippen molar-refractivity contribution < 1.29 is 23.9 Å². The van der Waals surface area contributed by atoms with Gasteiger partial charge in [0.05, 0.1) is 18.8 Å². The highest BCUT2D eigenvalue weighted by Crippen LogP contribution is 2.13. The maximum atomic E-state index is 12.5. The van der Waals surface area contributed by atoms with Gasteiger partial charge < -0.3 is 20.1 Å². The molecular formula is C20H21N3O5. The molecule has 1 saturated heterocycles. The van der Waals surface area contributed by atoms with Gasteiger partial charge in [0.15, 0.2) is 0 Å². The highest BCUT2D eigenvalue weighted by atomic mass is 16.5. The van der Waals surface area contributed by atoms with Crippen LogP contribution in [0, 0.1) is 0 Å². The van der Waals surface area contributed by atoms with Gasteiger partial charge in [-0.15, -0.1) is 0 Å². The number of anilines is 1. The van der Waals surface area contributed by atoms with Crippen molar-refractivity contribution in [3.63, 3.8) is 0 Å². The molecule has 1 fully saturated rings. The number of amides is 2. The zero-order valence-corrected chi connectivity index (χ0v) is 15.4. The van der Waals surface area contributed by atoms with Gasteiger partial charge in [-0.05, 0) is 43.2 Å². The minimum Gasteiger partial charge on any atom is -0.465 e. The minimum atomic E-state index is -0.501. The van der Waals surface area contributed by atoms with Crippen molar-refractivity contribution in [2.45, 2.75) is 18.9 Å². The first-order chi connectivity index (χ1) is 13.6. The SMILES string of the molecule is COC(=O)c1cccc(NC(=O)c2cccc(C(=O)NCC3CCCO3)n2)c1. The van der Waals surface area contributed by atoms with Crippen LogP contribution in [0.15, 0.2) is 42.5 Å². The van der Waals surface area contributed by atoms with Crippen molar-refractivity contribution >= 4 is 23.5 Å². The largest absolute Gasteiger partial charge is 0.465 e. The Morgan fingerprint density at radius 1 is 1.14 bits per heavy atom. The molecule has 8 nitrogen and oxygen atoms in total. The van der Waals surface area contributed by atoms with Gasteiger partial charge in [-0.25, -0.2) is 9.78 Å². The van der Waals surface area contributed by atoms with Crippen LogP contribution in [0.4, 0.5) is 5.69 Å². The molecule has 0 bridgehead atoms. The van der Waals surface area contributed by atoms with Crippen LogP contribution < -0.4 is 10.6 Å². The summed E-state index contributed by atoms with van der Waals surface area (Å²) in [4.78, 5) is 40.5. The van der Waals surface area contributed by atoms with E-state index in [1.807, 2.05) is 0 Å². The molecule has 2 heterocycles. The highest BCUT2D eigenvalue weighted by molar-refractivity contribution is 6.04. The summed E-state index contributed by atoms with van der Waals surface area (Å²) in [5.74, 6) is -1.35. The predicted octanol–water partition coefficient (Wildman–Crippen LogP) is 2.03. The van der Waals surface area contributed by atoms with Crippen LogP contribution in [0.1, 0.15) is 44.2 Å². The molecule has 1 unspecified atom stereocenters. The van der Waals surface area contributed by atoms with E-state index in [2.05, 4.69) is 20.4 Å². The first-order valence-corrected chi connectivity index (χ1v) is 8.93. The smallest absolute Gasteiger partial charge is 0.337 e. The lowest BCUT2D eigenvalue weighted by atomic mass is 10.2. The fourth-order valence-electron chi connectivity index (χ4n) is 2.83. The van der Waals surface area contributed by atoms with Crippen molar-refractivity contribution in [1.82, 2.24) is 10.3 Å². The molecule has 2 N–H and O–H groups in total. The fraction of sp³-hybridized carbons (Fsp3) is 0.300. The molecule has 8 heteroatoms. The van der Waals surface area contributed by atoms with Crippen LogP contribution >= 0.6 is 0 Å². The number of nitrogens with one attached hydrogen (secondary N) is 2. The molecule has 28 heavy (non-hydrogen) atoms. The van der Waals surface area contributed by atoms with E-state index in [0.717, 1.165) is 12.8 Å². The number of nitrogens with zero attached hydrogens (tertiary/aromatic N) is 1. The second-order valence-electron chi connectivity index (χ2n) is 6.28. The lowest BCUT2D eigenvalue weighted by Gasteiger charge is -2.11. The summed E-state index contributed by atoms with van der Waals surface area (Å²) < 4.78 is 10.1. The predicted molar refractivity (Wildman–Crippen MR) is 101 cm³/mol.